The first-order chi connectivity index (χ1) is 10.6. The molecular weight excluding hydrogens is 302 g/mol. The normalized spacial score (nSPS) is 10.8. The minimum atomic E-state index is -1.46. The van der Waals surface area contributed by atoms with Gasteiger partial charge in [-0.15, -0.1) is 0 Å². The number of fused-ring (bicyclic) bond motifs is 1. The number of halogens is 1. The second-order valence-corrected chi connectivity index (χ2v) is 5.32. The van der Waals surface area contributed by atoms with Crippen LogP contribution in [0.4, 0.5) is 0 Å². The number of carboxylic acid groups (broad SMARTS) is 1. The SMILES string of the molecule is O=C(O)C(=O)c1cn(Cc2ccccc2Cl)c2ccccc12. The molecule has 0 bridgehead atoms. The van der Waals surface area contributed by atoms with Crippen LogP contribution in [-0.4, -0.2) is 21.4 Å². The van der Waals surface area contributed by atoms with E-state index in [1.165, 1.54) is 0 Å². The number of carbonyl (C=O) groups is 2. The molecule has 0 aliphatic heterocycles. The van der Waals surface area contributed by atoms with Gasteiger partial charge >= 0.3 is 5.97 Å². The topological polar surface area (TPSA) is 59.3 Å². The molecule has 110 valence electrons. The first kappa shape index (κ1) is 14.4. The Labute approximate surface area is 131 Å². The monoisotopic (exact) mass is 313 g/mol. The van der Waals surface area contributed by atoms with Crippen molar-refractivity contribution in [2.45, 2.75) is 6.54 Å². The van der Waals surface area contributed by atoms with E-state index >= 15 is 0 Å². The number of benzene rings is 2. The molecule has 5 heteroatoms. The van der Waals surface area contributed by atoms with Gasteiger partial charge in [-0.25, -0.2) is 4.79 Å². The number of hydrogen-bond donors (Lipinski definition) is 1. The van der Waals surface area contributed by atoms with Crippen LogP contribution in [0.15, 0.2) is 54.7 Å². The van der Waals surface area contributed by atoms with E-state index in [9.17, 15) is 9.59 Å². The average Bonchev–Trinajstić information content (AvgIpc) is 2.88. The molecule has 0 aliphatic rings. The lowest BCUT2D eigenvalue weighted by atomic mass is 10.1. The van der Waals surface area contributed by atoms with Gasteiger partial charge in [0, 0.05) is 28.7 Å². The van der Waals surface area contributed by atoms with Gasteiger partial charge in [-0.1, -0.05) is 48.0 Å². The molecule has 0 spiro atoms. The Morgan fingerprint density at radius 2 is 1.73 bits per heavy atom. The highest BCUT2D eigenvalue weighted by Crippen LogP contribution is 2.24. The Bertz CT molecular complexity index is 882. The standard InChI is InChI=1S/C17H12ClNO3/c18-14-7-3-1-5-11(14)9-19-10-13(16(20)17(21)22)12-6-2-4-8-15(12)19/h1-8,10H,9H2,(H,21,22). The second-order valence-electron chi connectivity index (χ2n) is 4.91. The van der Waals surface area contributed by atoms with Crippen LogP contribution >= 0.6 is 11.6 Å². The van der Waals surface area contributed by atoms with E-state index in [1.807, 2.05) is 34.9 Å². The van der Waals surface area contributed by atoms with Crippen LogP contribution in [0.5, 0.6) is 0 Å². The highest BCUT2D eigenvalue weighted by atomic mass is 35.5. The smallest absolute Gasteiger partial charge is 0.377 e. The molecule has 0 amide bonds. The quantitative estimate of drug-likeness (QED) is 0.591. The fourth-order valence-corrected chi connectivity index (χ4v) is 2.68. The molecule has 3 rings (SSSR count). The molecule has 1 aromatic heterocycles. The van der Waals surface area contributed by atoms with E-state index in [4.69, 9.17) is 16.7 Å². The number of aromatic nitrogens is 1. The van der Waals surface area contributed by atoms with Crippen molar-refractivity contribution in [3.63, 3.8) is 0 Å². The summed E-state index contributed by atoms with van der Waals surface area (Å²) in [6, 6.07) is 14.7. The number of para-hydroxylation sites is 1. The maximum atomic E-state index is 11.9. The minimum absolute atomic E-state index is 0.190. The zero-order valence-corrected chi connectivity index (χ0v) is 12.2. The van der Waals surface area contributed by atoms with Crippen LogP contribution < -0.4 is 0 Å². The molecule has 0 unspecified atom stereocenters. The van der Waals surface area contributed by atoms with Crippen LogP contribution in [0.3, 0.4) is 0 Å². The van der Waals surface area contributed by atoms with Crippen LogP contribution in [0.2, 0.25) is 5.02 Å². The summed E-state index contributed by atoms with van der Waals surface area (Å²) >= 11 is 6.17. The van der Waals surface area contributed by atoms with E-state index in [2.05, 4.69) is 0 Å². The second kappa shape index (κ2) is 5.66. The van der Waals surface area contributed by atoms with Crippen LogP contribution in [0, 0.1) is 0 Å². The van der Waals surface area contributed by atoms with Gasteiger partial charge in [0.25, 0.3) is 5.78 Å². The summed E-state index contributed by atoms with van der Waals surface area (Å²) in [5, 5.41) is 10.2. The summed E-state index contributed by atoms with van der Waals surface area (Å²) in [5.74, 6) is -2.37. The van der Waals surface area contributed by atoms with E-state index in [0.29, 0.717) is 17.0 Å². The molecule has 3 aromatic rings. The van der Waals surface area contributed by atoms with Crippen molar-refractivity contribution in [3.05, 3.63) is 70.9 Å². The van der Waals surface area contributed by atoms with Gasteiger partial charge in [-0.05, 0) is 17.7 Å². The Morgan fingerprint density at radius 1 is 1.05 bits per heavy atom. The maximum absolute atomic E-state index is 11.9. The Balaban J connectivity index is 2.13. The van der Waals surface area contributed by atoms with Gasteiger partial charge in [-0.3, -0.25) is 4.79 Å². The van der Waals surface area contributed by atoms with Crippen molar-refractivity contribution in [1.29, 1.82) is 0 Å². The molecule has 0 radical (unpaired) electrons. The maximum Gasteiger partial charge on any atom is 0.377 e. The van der Waals surface area contributed by atoms with Gasteiger partial charge in [0.15, 0.2) is 0 Å². The number of aliphatic carboxylic acids is 1. The summed E-state index contributed by atoms with van der Waals surface area (Å²) in [6.07, 6.45) is 1.57. The number of Topliss-reactive ketones (excluding diaryl/α,β-unsaturated/α-hetero) is 1. The third-order valence-corrected chi connectivity index (χ3v) is 3.89. The van der Waals surface area contributed by atoms with Crippen LogP contribution in [0.1, 0.15) is 15.9 Å². The third-order valence-electron chi connectivity index (χ3n) is 3.53. The zero-order valence-electron chi connectivity index (χ0n) is 11.5. The first-order valence-corrected chi connectivity index (χ1v) is 7.04. The van der Waals surface area contributed by atoms with Crippen LogP contribution in [0.25, 0.3) is 10.9 Å². The lowest BCUT2D eigenvalue weighted by molar-refractivity contribution is -0.131. The number of hydrogen-bond acceptors (Lipinski definition) is 2. The van der Waals surface area contributed by atoms with Crippen molar-refractivity contribution < 1.29 is 14.7 Å². The number of rotatable bonds is 4. The molecule has 1 N–H and O–H groups in total. The predicted molar refractivity (Wildman–Crippen MR) is 84.5 cm³/mol. The molecule has 0 saturated heterocycles. The Hall–Kier alpha value is -2.59. The fraction of sp³-hybridized carbons (Fsp3) is 0.0588. The molecule has 1 heterocycles. The zero-order chi connectivity index (χ0) is 15.7. The summed E-state index contributed by atoms with van der Waals surface area (Å²) in [5.41, 5.74) is 1.89. The minimum Gasteiger partial charge on any atom is -0.475 e. The van der Waals surface area contributed by atoms with Crippen molar-refractivity contribution in [2.75, 3.05) is 0 Å². The van der Waals surface area contributed by atoms with Crippen molar-refractivity contribution in [3.8, 4) is 0 Å². The lowest BCUT2D eigenvalue weighted by Gasteiger charge is -2.07. The highest BCUT2D eigenvalue weighted by Gasteiger charge is 2.20. The molecule has 0 saturated carbocycles. The summed E-state index contributed by atoms with van der Waals surface area (Å²) in [4.78, 5) is 22.8. The van der Waals surface area contributed by atoms with Crippen LogP contribution in [-0.2, 0) is 11.3 Å². The lowest BCUT2D eigenvalue weighted by Crippen LogP contribution is -2.12. The van der Waals surface area contributed by atoms with E-state index in [0.717, 1.165) is 11.1 Å². The molecular formula is C17H12ClNO3. The first-order valence-electron chi connectivity index (χ1n) is 6.67. The average molecular weight is 314 g/mol. The number of ketones is 1. The number of nitrogens with zero attached hydrogens (tertiary/aromatic N) is 1. The number of carboxylic acids is 1. The van der Waals surface area contributed by atoms with Gasteiger partial charge in [0.2, 0.25) is 0 Å². The van der Waals surface area contributed by atoms with Crippen molar-refractivity contribution >= 4 is 34.3 Å². The van der Waals surface area contributed by atoms with Gasteiger partial charge in [0.05, 0.1) is 5.56 Å². The molecule has 4 nitrogen and oxygen atoms in total. The highest BCUT2D eigenvalue weighted by molar-refractivity contribution is 6.42. The molecule has 2 aromatic carbocycles. The number of carbonyl (C=O) groups excluding carboxylic acids is 1. The van der Waals surface area contributed by atoms with E-state index < -0.39 is 11.8 Å². The largest absolute Gasteiger partial charge is 0.475 e. The summed E-state index contributed by atoms with van der Waals surface area (Å²) in [6.45, 7) is 0.465. The van der Waals surface area contributed by atoms with Gasteiger partial charge in [-0.2, -0.15) is 0 Å². The summed E-state index contributed by atoms with van der Waals surface area (Å²) in [7, 11) is 0. The predicted octanol–water partition coefficient (Wildman–Crippen LogP) is 3.61. The van der Waals surface area contributed by atoms with E-state index in [-0.39, 0.29) is 5.56 Å². The van der Waals surface area contributed by atoms with E-state index in [1.54, 1.807) is 24.4 Å². The van der Waals surface area contributed by atoms with Crippen molar-refractivity contribution in [2.24, 2.45) is 0 Å². The van der Waals surface area contributed by atoms with Gasteiger partial charge in [0.1, 0.15) is 0 Å². The molecule has 0 fully saturated rings. The Kier molecular flexibility index (Phi) is 3.69. The third kappa shape index (κ3) is 2.49. The fourth-order valence-electron chi connectivity index (χ4n) is 2.48. The Morgan fingerprint density at radius 3 is 2.45 bits per heavy atom. The van der Waals surface area contributed by atoms with Crippen molar-refractivity contribution in [1.82, 2.24) is 4.57 Å². The summed E-state index contributed by atoms with van der Waals surface area (Å²) < 4.78 is 1.84. The molecule has 0 atom stereocenters. The molecule has 0 aliphatic carbocycles. The molecule has 22 heavy (non-hydrogen) atoms. The van der Waals surface area contributed by atoms with Gasteiger partial charge < -0.3 is 9.67 Å².